The molecule has 0 amide bonds. The number of hydrogen-bond acceptors (Lipinski definition) is 4. The number of rotatable bonds is 3. The monoisotopic (exact) mass is 234 g/mol. The van der Waals surface area contributed by atoms with E-state index in [-0.39, 0.29) is 6.42 Å². The summed E-state index contributed by atoms with van der Waals surface area (Å²) in [4.78, 5) is 19.1. The average molecular weight is 234 g/mol. The number of carboxylic acids is 1. The van der Waals surface area contributed by atoms with Crippen LogP contribution in [-0.4, -0.2) is 25.4 Å². The molecule has 6 heteroatoms. The van der Waals surface area contributed by atoms with Crippen LogP contribution < -0.4 is 5.73 Å². The van der Waals surface area contributed by atoms with Gasteiger partial charge in [-0.05, 0) is 19.9 Å². The Morgan fingerprint density at radius 3 is 2.94 bits per heavy atom. The summed E-state index contributed by atoms with van der Waals surface area (Å²) in [5.41, 5.74) is 8.34. The lowest BCUT2D eigenvalue weighted by molar-refractivity contribution is -0.137. The Bertz CT molecular complexity index is 576. The standard InChI is InChI=1S/C11H14N4O2/c1-6-3-7(2)15-9(5-13-11(15)14-6)8(12)4-10(16)17/h3,5,8H,4,12H2,1-2H3,(H,16,17). The van der Waals surface area contributed by atoms with E-state index in [9.17, 15) is 4.79 Å². The molecule has 0 saturated heterocycles. The van der Waals surface area contributed by atoms with E-state index in [0.717, 1.165) is 11.4 Å². The third-order valence-corrected chi connectivity index (χ3v) is 2.59. The van der Waals surface area contributed by atoms with Crippen LogP contribution in [-0.2, 0) is 4.79 Å². The zero-order valence-corrected chi connectivity index (χ0v) is 9.71. The summed E-state index contributed by atoms with van der Waals surface area (Å²) in [5, 5.41) is 8.74. The van der Waals surface area contributed by atoms with Crippen molar-refractivity contribution in [1.29, 1.82) is 0 Å². The molecular weight excluding hydrogens is 220 g/mol. The van der Waals surface area contributed by atoms with E-state index in [1.807, 2.05) is 19.9 Å². The van der Waals surface area contributed by atoms with Gasteiger partial charge in [0, 0.05) is 11.4 Å². The van der Waals surface area contributed by atoms with Gasteiger partial charge in [0.15, 0.2) is 0 Å². The second kappa shape index (κ2) is 4.14. The molecule has 0 bridgehead atoms. The average Bonchev–Trinajstić information content (AvgIpc) is 2.59. The van der Waals surface area contributed by atoms with Crippen molar-refractivity contribution in [1.82, 2.24) is 14.4 Å². The van der Waals surface area contributed by atoms with Crippen molar-refractivity contribution in [3.63, 3.8) is 0 Å². The Morgan fingerprint density at radius 2 is 2.29 bits per heavy atom. The zero-order valence-electron chi connectivity index (χ0n) is 9.71. The van der Waals surface area contributed by atoms with E-state index >= 15 is 0 Å². The fourth-order valence-corrected chi connectivity index (χ4v) is 1.91. The molecule has 90 valence electrons. The summed E-state index contributed by atoms with van der Waals surface area (Å²) in [6.07, 6.45) is 1.46. The van der Waals surface area contributed by atoms with Crippen molar-refractivity contribution in [2.75, 3.05) is 0 Å². The number of hydrogen-bond donors (Lipinski definition) is 2. The van der Waals surface area contributed by atoms with Gasteiger partial charge in [-0.2, -0.15) is 0 Å². The Labute approximate surface area is 98.1 Å². The first-order chi connectivity index (χ1) is 7.99. The molecule has 2 aromatic heterocycles. The molecule has 0 fully saturated rings. The van der Waals surface area contributed by atoms with Crippen molar-refractivity contribution >= 4 is 11.7 Å². The number of aryl methyl sites for hydroxylation is 2. The van der Waals surface area contributed by atoms with Gasteiger partial charge in [0.2, 0.25) is 5.78 Å². The second-order valence-electron chi connectivity index (χ2n) is 4.06. The van der Waals surface area contributed by atoms with Crippen LogP contribution in [0.15, 0.2) is 12.3 Å². The molecule has 0 radical (unpaired) electrons. The van der Waals surface area contributed by atoms with Crippen LogP contribution in [0.5, 0.6) is 0 Å². The number of carboxylic acid groups (broad SMARTS) is 1. The molecule has 2 rings (SSSR count). The molecule has 0 aromatic carbocycles. The highest BCUT2D eigenvalue weighted by molar-refractivity contribution is 5.67. The van der Waals surface area contributed by atoms with E-state index < -0.39 is 12.0 Å². The van der Waals surface area contributed by atoms with Crippen LogP contribution in [0.4, 0.5) is 0 Å². The van der Waals surface area contributed by atoms with Crippen LogP contribution >= 0.6 is 0 Å². The minimum Gasteiger partial charge on any atom is -0.481 e. The third kappa shape index (κ3) is 2.12. The molecule has 2 heterocycles. The van der Waals surface area contributed by atoms with E-state index in [1.54, 1.807) is 10.6 Å². The normalized spacial score (nSPS) is 12.9. The summed E-state index contributed by atoms with van der Waals surface area (Å²) in [5.74, 6) is -0.372. The Hall–Kier alpha value is -1.95. The van der Waals surface area contributed by atoms with Crippen molar-refractivity contribution in [2.45, 2.75) is 26.3 Å². The van der Waals surface area contributed by atoms with Crippen molar-refractivity contribution in [3.8, 4) is 0 Å². The Morgan fingerprint density at radius 1 is 1.59 bits per heavy atom. The highest BCUT2D eigenvalue weighted by Gasteiger charge is 2.16. The molecule has 3 N–H and O–H groups in total. The fraction of sp³-hybridized carbons (Fsp3) is 0.364. The van der Waals surface area contributed by atoms with Crippen LogP contribution in [0.1, 0.15) is 29.5 Å². The summed E-state index contributed by atoms with van der Waals surface area (Å²) in [6, 6.07) is 1.33. The van der Waals surface area contributed by atoms with Crippen LogP contribution in [0.2, 0.25) is 0 Å². The van der Waals surface area contributed by atoms with Crippen LogP contribution in [0.25, 0.3) is 5.78 Å². The number of nitrogens with two attached hydrogens (primary N) is 1. The quantitative estimate of drug-likeness (QED) is 0.820. The predicted molar refractivity (Wildman–Crippen MR) is 61.6 cm³/mol. The molecule has 0 saturated carbocycles. The minimum absolute atomic E-state index is 0.124. The fourth-order valence-electron chi connectivity index (χ4n) is 1.91. The summed E-state index contributed by atoms with van der Waals surface area (Å²) in [7, 11) is 0. The predicted octanol–water partition coefficient (Wildman–Crippen LogP) is 0.821. The van der Waals surface area contributed by atoms with E-state index in [0.29, 0.717) is 11.5 Å². The number of nitrogens with zero attached hydrogens (tertiary/aromatic N) is 3. The summed E-state index contributed by atoms with van der Waals surface area (Å²) < 4.78 is 1.79. The summed E-state index contributed by atoms with van der Waals surface area (Å²) in [6.45, 7) is 3.80. The Balaban J connectivity index is 2.52. The van der Waals surface area contributed by atoms with Crippen molar-refractivity contribution in [3.05, 3.63) is 29.3 Å². The topological polar surface area (TPSA) is 93.5 Å². The highest BCUT2D eigenvalue weighted by atomic mass is 16.4. The summed E-state index contributed by atoms with van der Waals surface area (Å²) >= 11 is 0. The number of imidazole rings is 1. The molecule has 1 atom stereocenters. The van der Waals surface area contributed by atoms with Gasteiger partial charge >= 0.3 is 5.97 Å². The maximum atomic E-state index is 10.7. The van der Waals surface area contributed by atoms with Gasteiger partial charge < -0.3 is 10.8 Å². The molecule has 6 nitrogen and oxygen atoms in total. The third-order valence-electron chi connectivity index (χ3n) is 2.59. The number of carbonyl (C=O) groups is 1. The van der Waals surface area contributed by atoms with Gasteiger partial charge in [-0.25, -0.2) is 9.97 Å². The van der Waals surface area contributed by atoms with Gasteiger partial charge in [0.25, 0.3) is 0 Å². The van der Waals surface area contributed by atoms with Crippen LogP contribution in [0, 0.1) is 13.8 Å². The molecular formula is C11H14N4O2. The first-order valence-corrected chi connectivity index (χ1v) is 5.28. The lowest BCUT2D eigenvalue weighted by Gasteiger charge is -2.10. The smallest absolute Gasteiger partial charge is 0.305 e. The lowest BCUT2D eigenvalue weighted by Crippen LogP contribution is -2.17. The van der Waals surface area contributed by atoms with Gasteiger partial charge in [-0.1, -0.05) is 0 Å². The molecule has 0 aliphatic rings. The van der Waals surface area contributed by atoms with Gasteiger partial charge in [0.1, 0.15) is 0 Å². The molecule has 0 spiro atoms. The van der Waals surface area contributed by atoms with Crippen molar-refractivity contribution < 1.29 is 9.90 Å². The van der Waals surface area contributed by atoms with Gasteiger partial charge in [-0.15, -0.1) is 0 Å². The van der Waals surface area contributed by atoms with E-state index in [2.05, 4.69) is 9.97 Å². The molecule has 17 heavy (non-hydrogen) atoms. The number of aromatic nitrogens is 3. The number of fused-ring (bicyclic) bond motifs is 1. The molecule has 0 aliphatic heterocycles. The maximum Gasteiger partial charge on any atom is 0.305 e. The molecule has 0 aliphatic carbocycles. The minimum atomic E-state index is -0.926. The van der Waals surface area contributed by atoms with Crippen LogP contribution in [0.3, 0.4) is 0 Å². The zero-order chi connectivity index (χ0) is 12.6. The lowest BCUT2D eigenvalue weighted by atomic mass is 10.1. The SMILES string of the molecule is Cc1cc(C)n2c(C(N)CC(=O)O)cnc2n1. The van der Waals surface area contributed by atoms with Gasteiger partial charge in [-0.3, -0.25) is 9.20 Å². The maximum absolute atomic E-state index is 10.7. The highest BCUT2D eigenvalue weighted by Crippen LogP contribution is 2.17. The molecule has 1 unspecified atom stereocenters. The van der Waals surface area contributed by atoms with E-state index in [4.69, 9.17) is 10.8 Å². The first kappa shape index (κ1) is 11.5. The molecule has 2 aromatic rings. The largest absolute Gasteiger partial charge is 0.481 e. The van der Waals surface area contributed by atoms with Gasteiger partial charge in [0.05, 0.1) is 24.4 Å². The van der Waals surface area contributed by atoms with E-state index in [1.165, 1.54) is 0 Å². The second-order valence-corrected chi connectivity index (χ2v) is 4.06. The Kier molecular flexibility index (Phi) is 2.81. The first-order valence-electron chi connectivity index (χ1n) is 5.28. The number of aliphatic carboxylic acids is 1. The van der Waals surface area contributed by atoms with Crippen molar-refractivity contribution in [2.24, 2.45) is 5.73 Å².